The zero-order valence-electron chi connectivity index (χ0n) is 17.6. The van der Waals surface area contributed by atoms with Crippen molar-refractivity contribution < 1.29 is 13.7 Å². The Hall–Kier alpha value is -1.36. The third kappa shape index (κ3) is 9.79. The number of hydrogen-bond donors (Lipinski definition) is 2. The highest BCUT2D eigenvalue weighted by molar-refractivity contribution is 14.0. The highest BCUT2D eigenvalue weighted by Crippen LogP contribution is 2.12. The van der Waals surface area contributed by atoms with Crippen molar-refractivity contribution in [1.29, 1.82) is 0 Å². The molecule has 2 atom stereocenters. The number of halogens is 1. The summed E-state index contributed by atoms with van der Waals surface area (Å²) < 4.78 is 17.6. The summed E-state index contributed by atoms with van der Waals surface area (Å²) in [5, 5.41) is 6.19. The summed E-state index contributed by atoms with van der Waals surface area (Å²) in [5.74, 6) is 1.89. The Bertz CT molecular complexity index is 695. The van der Waals surface area contributed by atoms with Crippen molar-refractivity contribution in [3.05, 3.63) is 35.9 Å². The summed E-state index contributed by atoms with van der Waals surface area (Å²) in [4.78, 5) is 18.3. The Balaban J connectivity index is 0.00000420. The highest BCUT2D eigenvalue weighted by Gasteiger charge is 2.27. The fraction of sp³-hybridized carbons (Fsp3) is 0.600. The van der Waals surface area contributed by atoms with Gasteiger partial charge in [0, 0.05) is 49.0 Å². The molecule has 1 amide bonds. The predicted molar refractivity (Wildman–Crippen MR) is 129 cm³/mol. The molecule has 1 heterocycles. The third-order valence-corrected chi connectivity index (χ3v) is 5.52. The zero-order valence-corrected chi connectivity index (χ0v) is 20.8. The lowest BCUT2D eigenvalue weighted by molar-refractivity contribution is 0.0507. The van der Waals surface area contributed by atoms with Gasteiger partial charge < -0.3 is 20.3 Å². The SMILES string of the molecule is CN=C(NCCS(=O)Cc1ccccc1)N1CCC(NC(=O)OC(C)(C)C)C1.I. The van der Waals surface area contributed by atoms with Gasteiger partial charge >= 0.3 is 6.09 Å². The van der Waals surface area contributed by atoms with Gasteiger partial charge in [-0.1, -0.05) is 30.3 Å². The van der Waals surface area contributed by atoms with Crippen molar-refractivity contribution in [2.45, 2.75) is 44.6 Å². The Morgan fingerprint density at radius 2 is 2.00 bits per heavy atom. The minimum Gasteiger partial charge on any atom is -0.444 e. The van der Waals surface area contributed by atoms with Crippen LogP contribution in [0.5, 0.6) is 0 Å². The van der Waals surface area contributed by atoms with Crippen LogP contribution in [0.3, 0.4) is 0 Å². The molecule has 1 fully saturated rings. The van der Waals surface area contributed by atoms with Crippen LogP contribution in [0.1, 0.15) is 32.8 Å². The average Bonchev–Trinajstić information content (AvgIpc) is 3.06. The normalized spacial score (nSPS) is 18.0. The number of carbonyl (C=O) groups excluding carboxylic acids is 1. The van der Waals surface area contributed by atoms with Gasteiger partial charge in [-0.2, -0.15) is 0 Å². The molecule has 9 heteroatoms. The van der Waals surface area contributed by atoms with Crippen LogP contribution in [0, 0.1) is 0 Å². The smallest absolute Gasteiger partial charge is 0.407 e. The molecular formula is C20H33IN4O3S. The maximum absolute atomic E-state index is 12.2. The molecule has 7 nitrogen and oxygen atoms in total. The summed E-state index contributed by atoms with van der Waals surface area (Å²) in [6, 6.07) is 9.89. The lowest BCUT2D eigenvalue weighted by atomic mass is 10.2. The van der Waals surface area contributed by atoms with Gasteiger partial charge in [0.15, 0.2) is 5.96 Å². The molecule has 1 aliphatic heterocycles. The Morgan fingerprint density at radius 1 is 1.31 bits per heavy atom. The standard InChI is InChI=1S/C20H32N4O3S.HI/c1-20(2,3)27-19(25)23-17-10-12-24(14-17)18(21-4)22-11-13-28(26)15-16-8-6-5-7-9-16;/h5-9,17H,10-15H2,1-4H3,(H,21,22)(H,23,25);1H. The number of benzene rings is 1. The van der Waals surface area contributed by atoms with Gasteiger partial charge in [0.1, 0.15) is 5.60 Å². The van der Waals surface area contributed by atoms with E-state index in [4.69, 9.17) is 4.74 Å². The van der Waals surface area contributed by atoms with Gasteiger partial charge in [0.05, 0.1) is 6.04 Å². The third-order valence-electron chi connectivity index (χ3n) is 4.20. The van der Waals surface area contributed by atoms with Crippen LogP contribution >= 0.6 is 24.0 Å². The minimum absolute atomic E-state index is 0. The highest BCUT2D eigenvalue weighted by atomic mass is 127. The number of alkyl carbamates (subject to hydrolysis) is 1. The van der Waals surface area contributed by atoms with E-state index in [9.17, 15) is 9.00 Å². The van der Waals surface area contributed by atoms with E-state index < -0.39 is 22.5 Å². The molecule has 2 rings (SSSR count). The predicted octanol–water partition coefficient (Wildman–Crippen LogP) is 2.73. The molecule has 1 aromatic carbocycles. The fourth-order valence-electron chi connectivity index (χ4n) is 2.99. The van der Waals surface area contributed by atoms with Crippen molar-refractivity contribution in [2.75, 3.05) is 32.4 Å². The number of amides is 1. The number of likely N-dealkylation sites (tertiary alicyclic amines) is 1. The second-order valence-corrected chi connectivity index (χ2v) is 9.40. The van der Waals surface area contributed by atoms with E-state index in [1.807, 2.05) is 51.1 Å². The maximum atomic E-state index is 12.2. The molecule has 0 saturated carbocycles. The van der Waals surface area contributed by atoms with Gasteiger partial charge in [0.25, 0.3) is 0 Å². The van der Waals surface area contributed by atoms with E-state index in [1.54, 1.807) is 7.05 Å². The summed E-state index contributed by atoms with van der Waals surface area (Å²) >= 11 is 0. The minimum atomic E-state index is -0.925. The molecule has 0 bridgehead atoms. The van der Waals surface area contributed by atoms with Gasteiger partial charge in [-0.3, -0.25) is 9.20 Å². The van der Waals surface area contributed by atoms with Crippen LogP contribution < -0.4 is 10.6 Å². The summed E-state index contributed by atoms with van der Waals surface area (Å²) in [6.07, 6.45) is 0.443. The molecule has 0 aromatic heterocycles. The molecule has 2 unspecified atom stereocenters. The van der Waals surface area contributed by atoms with Crippen LogP contribution in [0.2, 0.25) is 0 Å². The first-order valence-electron chi connectivity index (χ1n) is 9.61. The molecule has 0 spiro atoms. The number of hydrogen-bond acceptors (Lipinski definition) is 4. The van der Waals surface area contributed by atoms with Crippen LogP contribution in [0.25, 0.3) is 0 Å². The average molecular weight is 536 g/mol. The molecular weight excluding hydrogens is 503 g/mol. The van der Waals surface area contributed by atoms with Gasteiger partial charge in [-0.15, -0.1) is 24.0 Å². The van der Waals surface area contributed by atoms with E-state index in [1.165, 1.54) is 0 Å². The second-order valence-electron chi connectivity index (χ2n) is 7.83. The number of aliphatic imine (C=N–C) groups is 1. The van der Waals surface area contributed by atoms with E-state index in [0.717, 1.165) is 24.5 Å². The number of carbonyl (C=O) groups is 1. The number of rotatable bonds is 6. The monoisotopic (exact) mass is 536 g/mol. The largest absolute Gasteiger partial charge is 0.444 e. The quantitative estimate of drug-likeness (QED) is 0.332. The van der Waals surface area contributed by atoms with Gasteiger partial charge in [0.2, 0.25) is 0 Å². The van der Waals surface area contributed by atoms with E-state index >= 15 is 0 Å². The van der Waals surface area contributed by atoms with Crippen LogP contribution in [-0.2, 0) is 21.3 Å². The zero-order chi connectivity index (χ0) is 20.6. The number of nitrogens with zero attached hydrogens (tertiary/aromatic N) is 2. The Labute approximate surface area is 193 Å². The molecule has 1 saturated heterocycles. The Kier molecular flexibility index (Phi) is 10.9. The molecule has 2 N–H and O–H groups in total. The van der Waals surface area contributed by atoms with E-state index in [0.29, 0.717) is 24.6 Å². The first kappa shape index (κ1) is 25.7. The number of guanidine groups is 1. The van der Waals surface area contributed by atoms with Crippen molar-refractivity contribution in [3.63, 3.8) is 0 Å². The molecule has 0 aliphatic carbocycles. The topological polar surface area (TPSA) is 83.0 Å². The van der Waals surface area contributed by atoms with Crippen molar-refractivity contribution in [2.24, 2.45) is 4.99 Å². The van der Waals surface area contributed by atoms with E-state index in [2.05, 4.69) is 20.5 Å². The maximum Gasteiger partial charge on any atom is 0.407 e. The van der Waals surface area contributed by atoms with Crippen LogP contribution in [-0.4, -0.2) is 65.2 Å². The van der Waals surface area contributed by atoms with Crippen molar-refractivity contribution >= 4 is 46.8 Å². The number of ether oxygens (including phenoxy) is 1. The molecule has 1 aliphatic rings. The van der Waals surface area contributed by atoms with Gasteiger partial charge in [-0.05, 0) is 32.8 Å². The van der Waals surface area contributed by atoms with Gasteiger partial charge in [-0.25, -0.2) is 4.79 Å². The molecule has 164 valence electrons. The van der Waals surface area contributed by atoms with E-state index in [-0.39, 0.29) is 30.0 Å². The molecule has 1 aromatic rings. The lowest BCUT2D eigenvalue weighted by Gasteiger charge is -2.23. The van der Waals surface area contributed by atoms with Crippen molar-refractivity contribution in [1.82, 2.24) is 15.5 Å². The summed E-state index contributed by atoms with van der Waals surface area (Å²) in [7, 11) is 0.809. The summed E-state index contributed by atoms with van der Waals surface area (Å²) in [6.45, 7) is 7.61. The number of nitrogens with one attached hydrogen (secondary N) is 2. The molecule has 0 radical (unpaired) electrons. The van der Waals surface area contributed by atoms with Crippen molar-refractivity contribution in [3.8, 4) is 0 Å². The lowest BCUT2D eigenvalue weighted by Crippen LogP contribution is -2.44. The second kappa shape index (κ2) is 12.4. The summed E-state index contributed by atoms with van der Waals surface area (Å²) in [5.41, 5.74) is 0.579. The fourth-order valence-corrected chi connectivity index (χ4v) is 4.02. The first-order chi connectivity index (χ1) is 13.3. The van der Waals surface area contributed by atoms with Crippen LogP contribution in [0.4, 0.5) is 4.79 Å². The Morgan fingerprint density at radius 3 is 2.62 bits per heavy atom. The van der Waals surface area contributed by atoms with Crippen LogP contribution in [0.15, 0.2) is 35.3 Å². The molecule has 29 heavy (non-hydrogen) atoms. The first-order valence-corrected chi connectivity index (χ1v) is 11.1.